The third-order valence-corrected chi connectivity index (χ3v) is 1.97. The third-order valence-electron chi connectivity index (χ3n) is 1.97. The summed E-state index contributed by atoms with van der Waals surface area (Å²) in [6, 6.07) is 4.63. The number of hydrogen-bond acceptors (Lipinski definition) is 5. The molecule has 1 N–H and O–H groups in total. The SMILES string of the molecule is C[C@@H]([C]=O)NC(=O)COc1ccc([N+](=O)[O-])cc1. The van der Waals surface area contributed by atoms with Crippen LogP contribution in [-0.4, -0.2) is 29.8 Å². The first kappa shape index (κ1) is 13.6. The van der Waals surface area contributed by atoms with E-state index in [1.54, 1.807) is 6.29 Å². The number of nitro groups is 1. The van der Waals surface area contributed by atoms with E-state index in [4.69, 9.17) is 4.74 Å². The van der Waals surface area contributed by atoms with Crippen LogP contribution >= 0.6 is 0 Å². The van der Waals surface area contributed by atoms with Crippen LogP contribution in [0.3, 0.4) is 0 Å². The Labute approximate surface area is 103 Å². The van der Waals surface area contributed by atoms with Crippen molar-refractivity contribution in [1.82, 2.24) is 5.32 Å². The van der Waals surface area contributed by atoms with Crippen LogP contribution in [0.5, 0.6) is 5.75 Å². The largest absolute Gasteiger partial charge is 0.484 e. The number of nitro benzene ring substituents is 1. The van der Waals surface area contributed by atoms with Crippen molar-refractivity contribution in [3.63, 3.8) is 0 Å². The average Bonchev–Trinajstić information content (AvgIpc) is 2.36. The van der Waals surface area contributed by atoms with Crippen molar-refractivity contribution in [3.05, 3.63) is 34.4 Å². The van der Waals surface area contributed by atoms with Gasteiger partial charge in [-0.2, -0.15) is 0 Å². The molecule has 0 aliphatic carbocycles. The molecule has 95 valence electrons. The van der Waals surface area contributed by atoms with E-state index < -0.39 is 16.9 Å². The molecule has 7 nitrogen and oxygen atoms in total. The van der Waals surface area contributed by atoms with Crippen LogP contribution in [0.2, 0.25) is 0 Å². The van der Waals surface area contributed by atoms with E-state index in [0.29, 0.717) is 5.75 Å². The summed E-state index contributed by atoms with van der Waals surface area (Å²) in [5.74, 6) is -0.136. The molecule has 1 radical (unpaired) electrons. The van der Waals surface area contributed by atoms with Gasteiger partial charge in [-0.1, -0.05) is 0 Å². The zero-order valence-electron chi connectivity index (χ0n) is 9.58. The Morgan fingerprint density at radius 2 is 2.11 bits per heavy atom. The van der Waals surface area contributed by atoms with E-state index in [9.17, 15) is 19.7 Å². The number of carbonyl (C=O) groups is 1. The number of nitrogens with zero attached hydrogens (tertiary/aromatic N) is 1. The van der Waals surface area contributed by atoms with E-state index in [1.807, 2.05) is 0 Å². The minimum Gasteiger partial charge on any atom is -0.484 e. The van der Waals surface area contributed by atoms with Gasteiger partial charge in [0.1, 0.15) is 5.75 Å². The van der Waals surface area contributed by atoms with Crippen LogP contribution in [0.15, 0.2) is 24.3 Å². The summed E-state index contributed by atoms with van der Waals surface area (Å²) in [5, 5.41) is 12.7. The molecule has 0 unspecified atom stereocenters. The molecule has 0 saturated heterocycles. The quantitative estimate of drug-likeness (QED) is 0.589. The number of benzene rings is 1. The fraction of sp³-hybridized carbons (Fsp3) is 0.273. The molecular weight excluding hydrogens is 240 g/mol. The molecule has 0 spiro atoms. The Morgan fingerprint density at radius 3 is 2.61 bits per heavy atom. The minimum absolute atomic E-state index is 0.0593. The van der Waals surface area contributed by atoms with Crippen LogP contribution in [-0.2, 0) is 9.59 Å². The summed E-state index contributed by atoms with van der Waals surface area (Å²) in [7, 11) is 0. The van der Waals surface area contributed by atoms with Gasteiger partial charge in [0.25, 0.3) is 11.6 Å². The van der Waals surface area contributed by atoms with Crippen molar-refractivity contribution in [2.75, 3.05) is 6.61 Å². The predicted molar refractivity (Wildman–Crippen MR) is 61.9 cm³/mol. The van der Waals surface area contributed by atoms with Crippen LogP contribution in [0.25, 0.3) is 0 Å². The molecule has 0 aliphatic rings. The summed E-state index contributed by atoms with van der Waals surface area (Å²) in [4.78, 5) is 31.3. The highest BCUT2D eigenvalue weighted by Gasteiger charge is 2.08. The predicted octanol–water partition coefficient (Wildman–Crippen LogP) is 0.588. The van der Waals surface area contributed by atoms with Crippen molar-refractivity contribution < 1.29 is 19.2 Å². The summed E-state index contributed by atoms with van der Waals surface area (Å²) in [6.45, 7) is 1.21. The highest BCUT2D eigenvalue weighted by molar-refractivity contribution is 5.80. The smallest absolute Gasteiger partial charge is 0.269 e. The molecule has 0 heterocycles. The summed E-state index contributed by atoms with van der Waals surface area (Å²) < 4.78 is 5.08. The molecule has 18 heavy (non-hydrogen) atoms. The van der Waals surface area contributed by atoms with Gasteiger partial charge in [-0.25, -0.2) is 0 Å². The van der Waals surface area contributed by atoms with Gasteiger partial charge in [0.05, 0.1) is 11.0 Å². The fourth-order valence-electron chi connectivity index (χ4n) is 1.13. The van der Waals surface area contributed by atoms with E-state index in [-0.39, 0.29) is 12.3 Å². The molecule has 1 aromatic rings. The number of non-ortho nitro benzene ring substituents is 1. The standard InChI is InChI=1S/C11H11N2O5/c1-8(6-14)12-11(15)7-18-10-4-2-9(3-5-10)13(16)17/h2-5,8H,7H2,1H3,(H,12,15)/t8-/m0/s1. The van der Waals surface area contributed by atoms with Crippen molar-refractivity contribution in [2.45, 2.75) is 13.0 Å². The maximum absolute atomic E-state index is 11.2. The lowest BCUT2D eigenvalue weighted by molar-refractivity contribution is -0.384. The Balaban J connectivity index is 2.46. The van der Waals surface area contributed by atoms with Gasteiger partial charge < -0.3 is 10.1 Å². The van der Waals surface area contributed by atoms with Gasteiger partial charge in [0.2, 0.25) is 6.29 Å². The zero-order chi connectivity index (χ0) is 13.5. The monoisotopic (exact) mass is 251 g/mol. The van der Waals surface area contributed by atoms with Gasteiger partial charge in [-0.3, -0.25) is 19.7 Å². The first-order chi connectivity index (χ1) is 8.52. The second kappa shape index (κ2) is 6.33. The topological polar surface area (TPSA) is 98.5 Å². The lowest BCUT2D eigenvalue weighted by Gasteiger charge is -2.08. The van der Waals surface area contributed by atoms with Gasteiger partial charge in [-0.05, 0) is 19.1 Å². The normalized spacial score (nSPS) is 11.4. The van der Waals surface area contributed by atoms with Crippen molar-refractivity contribution >= 4 is 17.9 Å². The summed E-state index contributed by atoms with van der Waals surface area (Å²) in [6.07, 6.45) is 1.60. The molecule has 1 rings (SSSR count). The number of amides is 1. The van der Waals surface area contributed by atoms with Crippen molar-refractivity contribution in [3.8, 4) is 5.75 Å². The molecule has 0 aliphatic heterocycles. The number of ether oxygens (including phenoxy) is 1. The van der Waals surface area contributed by atoms with Crippen molar-refractivity contribution in [1.29, 1.82) is 0 Å². The molecule has 1 amide bonds. The van der Waals surface area contributed by atoms with Crippen LogP contribution in [0, 0.1) is 10.1 Å². The van der Waals surface area contributed by atoms with Gasteiger partial charge in [0.15, 0.2) is 6.61 Å². The zero-order valence-corrected chi connectivity index (χ0v) is 9.58. The van der Waals surface area contributed by atoms with E-state index >= 15 is 0 Å². The van der Waals surface area contributed by atoms with E-state index in [2.05, 4.69) is 5.32 Å². The third kappa shape index (κ3) is 4.20. The maximum atomic E-state index is 11.2. The molecule has 0 fully saturated rings. The van der Waals surface area contributed by atoms with E-state index in [1.165, 1.54) is 31.2 Å². The fourth-order valence-corrected chi connectivity index (χ4v) is 1.13. The number of nitrogens with one attached hydrogen (secondary N) is 1. The molecule has 0 bridgehead atoms. The summed E-state index contributed by atoms with van der Waals surface area (Å²) in [5.41, 5.74) is -0.0593. The second-order valence-corrected chi connectivity index (χ2v) is 3.45. The lowest BCUT2D eigenvalue weighted by Crippen LogP contribution is -2.36. The molecular formula is C11H11N2O5. The van der Waals surface area contributed by atoms with Gasteiger partial charge in [0, 0.05) is 12.1 Å². The van der Waals surface area contributed by atoms with E-state index in [0.717, 1.165) is 0 Å². The molecule has 1 atom stereocenters. The molecule has 7 heteroatoms. The number of hydrogen-bond donors (Lipinski definition) is 1. The van der Waals surface area contributed by atoms with Crippen molar-refractivity contribution in [2.24, 2.45) is 0 Å². The number of rotatable bonds is 6. The highest BCUT2D eigenvalue weighted by atomic mass is 16.6. The Bertz CT molecular complexity index is 443. The van der Waals surface area contributed by atoms with Crippen LogP contribution in [0.1, 0.15) is 6.92 Å². The Hall–Kier alpha value is -2.44. The van der Waals surface area contributed by atoms with Gasteiger partial charge in [-0.15, -0.1) is 0 Å². The molecule has 1 aromatic carbocycles. The minimum atomic E-state index is -0.696. The second-order valence-electron chi connectivity index (χ2n) is 3.45. The first-order valence-corrected chi connectivity index (χ1v) is 5.07. The van der Waals surface area contributed by atoms with Gasteiger partial charge >= 0.3 is 0 Å². The molecule has 0 aromatic heterocycles. The summed E-state index contributed by atoms with van der Waals surface area (Å²) >= 11 is 0. The number of carbonyl (C=O) groups excluding carboxylic acids is 2. The Morgan fingerprint density at radius 1 is 1.50 bits per heavy atom. The molecule has 0 saturated carbocycles. The Kier molecular flexibility index (Phi) is 4.79. The maximum Gasteiger partial charge on any atom is 0.269 e. The first-order valence-electron chi connectivity index (χ1n) is 5.07. The van der Waals surface area contributed by atoms with Crippen LogP contribution in [0.4, 0.5) is 5.69 Å². The average molecular weight is 251 g/mol. The van der Waals surface area contributed by atoms with Crippen LogP contribution < -0.4 is 10.1 Å². The lowest BCUT2D eigenvalue weighted by atomic mass is 10.3. The highest BCUT2D eigenvalue weighted by Crippen LogP contribution is 2.16.